The molecule has 0 aliphatic carbocycles. The van der Waals surface area contributed by atoms with Crippen LogP contribution in [-0.4, -0.2) is 0 Å². The zero-order valence-corrected chi connectivity index (χ0v) is 7.78. The minimum atomic E-state index is -0.236. The van der Waals surface area contributed by atoms with E-state index < -0.39 is 0 Å². The van der Waals surface area contributed by atoms with Crippen LogP contribution in [0.3, 0.4) is 0 Å². The molecule has 0 amide bonds. The molecule has 1 rings (SSSR count). The fourth-order valence-electron chi connectivity index (χ4n) is 0.833. The quantitative estimate of drug-likeness (QED) is 0.671. The van der Waals surface area contributed by atoms with E-state index in [1.807, 2.05) is 0 Å². The molecule has 0 bridgehead atoms. The van der Waals surface area contributed by atoms with Gasteiger partial charge in [0, 0.05) is 5.56 Å². The van der Waals surface area contributed by atoms with E-state index in [2.05, 4.69) is 22.5 Å². The van der Waals surface area contributed by atoms with Gasteiger partial charge in [-0.25, -0.2) is 4.39 Å². The van der Waals surface area contributed by atoms with Gasteiger partial charge in [-0.15, -0.1) is 0 Å². The van der Waals surface area contributed by atoms with Crippen LogP contribution in [0.2, 0.25) is 0 Å². The van der Waals surface area contributed by atoms with Crippen molar-refractivity contribution in [1.29, 1.82) is 0 Å². The normalized spacial score (nSPS) is 9.73. The average molecular weight is 215 g/mol. The summed E-state index contributed by atoms with van der Waals surface area (Å²) in [5, 5.41) is 0. The standard InChI is InChI=1S/C9H8BrF/c1-6(2)7-4-3-5-8(10)9(7)11/h3-5H,1H2,2H3. The van der Waals surface area contributed by atoms with E-state index in [0.717, 1.165) is 5.57 Å². The van der Waals surface area contributed by atoms with Gasteiger partial charge in [0.1, 0.15) is 5.82 Å². The first-order valence-electron chi connectivity index (χ1n) is 3.23. The average Bonchev–Trinajstić information content (AvgIpc) is 1.94. The Bertz CT molecular complexity index is 292. The highest BCUT2D eigenvalue weighted by Crippen LogP contribution is 2.22. The molecular weight excluding hydrogens is 207 g/mol. The predicted molar refractivity (Wildman–Crippen MR) is 48.8 cm³/mol. The Labute approximate surface area is 73.9 Å². The van der Waals surface area contributed by atoms with E-state index >= 15 is 0 Å². The second-order valence-electron chi connectivity index (χ2n) is 2.38. The van der Waals surface area contributed by atoms with Crippen LogP contribution in [0.4, 0.5) is 4.39 Å². The van der Waals surface area contributed by atoms with Crippen LogP contribution in [0.15, 0.2) is 29.3 Å². The Morgan fingerprint density at radius 1 is 1.55 bits per heavy atom. The number of halogens is 2. The molecular formula is C9H8BrF. The molecule has 0 radical (unpaired) electrons. The highest BCUT2D eigenvalue weighted by Gasteiger charge is 2.04. The molecule has 0 N–H and O–H groups in total. The largest absolute Gasteiger partial charge is 0.205 e. The molecule has 0 saturated heterocycles. The summed E-state index contributed by atoms with van der Waals surface area (Å²) >= 11 is 3.10. The van der Waals surface area contributed by atoms with Gasteiger partial charge in [-0.3, -0.25) is 0 Å². The number of rotatable bonds is 1. The first-order valence-corrected chi connectivity index (χ1v) is 4.02. The summed E-state index contributed by atoms with van der Waals surface area (Å²) in [6, 6.07) is 5.17. The van der Waals surface area contributed by atoms with Crippen molar-refractivity contribution in [2.24, 2.45) is 0 Å². The van der Waals surface area contributed by atoms with Gasteiger partial charge in [0.15, 0.2) is 0 Å². The van der Waals surface area contributed by atoms with E-state index in [4.69, 9.17) is 0 Å². The van der Waals surface area contributed by atoms with Crippen LogP contribution in [-0.2, 0) is 0 Å². The van der Waals surface area contributed by atoms with Crippen LogP contribution in [0, 0.1) is 5.82 Å². The zero-order chi connectivity index (χ0) is 8.43. The fraction of sp³-hybridized carbons (Fsp3) is 0.111. The summed E-state index contributed by atoms with van der Waals surface area (Å²) in [7, 11) is 0. The van der Waals surface area contributed by atoms with Gasteiger partial charge in [-0.2, -0.15) is 0 Å². The minimum Gasteiger partial charge on any atom is -0.205 e. The summed E-state index contributed by atoms with van der Waals surface area (Å²) in [5.41, 5.74) is 1.31. The van der Waals surface area contributed by atoms with Gasteiger partial charge in [-0.1, -0.05) is 18.7 Å². The molecule has 2 heteroatoms. The third-order valence-electron chi connectivity index (χ3n) is 1.41. The van der Waals surface area contributed by atoms with E-state index in [0.29, 0.717) is 10.0 Å². The van der Waals surface area contributed by atoms with Crippen molar-refractivity contribution in [2.45, 2.75) is 6.92 Å². The molecule has 0 unspecified atom stereocenters. The minimum absolute atomic E-state index is 0.236. The molecule has 0 spiro atoms. The van der Waals surface area contributed by atoms with E-state index in [1.54, 1.807) is 25.1 Å². The molecule has 11 heavy (non-hydrogen) atoms. The van der Waals surface area contributed by atoms with Crippen LogP contribution >= 0.6 is 15.9 Å². The molecule has 0 fully saturated rings. The van der Waals surface area contributed by atoms with Crippen LogP contribution in [0.5, 0.6) is 0 Å². The molecule has 0 aliphatic rings. The maximum absolute atomic E-state index is 13.1. The summed E-state index contributed by atoms with van der Waals surface area (Å²) in [4.78, 5) is 0. The molecule has 0 nitrogen and oxygen atoms in total. The number of hydrogen-bond acceptors (Lipinski definition) is 0. The smallest absolute Gasteiger partial charge is 0.144 e. The first-order chi connectivity index (χ1) is 5.13. The Morgan fingerprint density at radius 3 is 2.64 bits per heavy atom. The molecule has 0 atom stereocenters. The Hall–Kier alpha value is -0.630. The Balaban J connectivity index is 3.27. The second-order valence-corrected chi connectivity index (χ2v) is 3.24. The Morgan fingerprint density at radius 2 is 2.18 bits per heavy atom. The van der Waals surface area contributed by atoms with Crippen LogP contribution in [0.1, 0.15) is 12.5 Å². The summed E-state index contributed by atoms with van der Waals surface area (Å²) in [6.07, 6.45) is 0. The topological polar surface area (TPSA) is 0 Å². The molecule has 0 heterocycles. The third-order valence-corrected chi connectivity index (χ3v) is 2.02. The molecule has 1 aromatic rings. The maximum atomic E-state index is 13.1. The number of benzene rings is 1. The number of hydrogen-bond donors (Lipinski definition) is 0. The van der Waals surface area contributed by atoms with Crippen molar-refractivity contribution in [3.63, 3.8) is 0 Å². The monoisotopic (exact) mass is 214 g/mol. The summed E-state index contributed by atoms with van der Waals surface area (Å²) in [5.74, 6) is -0.236. The van der Waals surface area contributed by atoms with Crippen molar-refractivity contribution >= 4 is 21.5 Å². The maximum Gasteiger partial charge on any atom is 0.144 e. The van der Waals surface area contributed by atoms with Gasteiger partial charge in [0.25, 0.3) is 0 Å². The van der Waals surface area contributed by atoms with E-state index in [1.165, 1.54) is 0 Å². The zero-order valence-electron chi connectivity index (χ0n) is 6.20. The van der Waals surface area contributed by atoms with Crippen LogP contribution < -0.4 is 0 Å². The van der Waals surface area contributed by atoms with Gasteiger partial charge in [-0.05, 0) is 34.5 Å². The van der Waals surface area contributed by atoms with Crippen molar-refractivity contribution in [2.75, 3.05) is 0 Å². The van der Waals surface area contributed by atoms with Crippen molar-refractivity contribution < 1.29 is 4.39 Å². The summed E-state index contributed by atoms with van der Waals surface area (Å²) in [6.45, 7) is 5.45. The predicted octanol–water partition coefficient (Wildman–Crippen LogP) is 3.62. The Kier molecular flexibility index (Phi) is 2.45. The van der Waals surface area contributed by atoms with Crippen molar-refractivity contribution in [1.82, 2.24) is 0 Å². The first kappa shape index (κ1) is 8.47. The number of allylic oxidation sites excluding steroid dienone is 1. The van der Waals surface area contributed by atoms with Crippen LogP contribution in [0.25, 0.3) is 5.57 Å². The lowest BCUT2D eigenvalue weighted by Crippen LogP contribution is -1.85. The lowest BCUT2D eigenvalue weighted by atomic mass is 10.1. The summed E-state index contributed by atoms with van der Waals surface area (Å²) < 4.78 is 13.6. The van der Waals surface area contributed by atoms with E-state index in [-0.39, 0.29) is 5.82 Å². The highest BCUT2D eigenvalue weighted by molar-refractivity contribution is 9.10. The third kappa shape index (κ3) is 1.69. The van der Waals surface area contributed by atoms with Gasteiger partial charge < -0.3 is 0 Å². The SMILES string of the molecule is C=C(C)c1cccc(Br)c1F. The second kappa shape index (κ2) is 3.18. The van der Waals surface area contributed by atoms with Gasteiger partial charge >= 0.3 is 0 Å². The molecule has 0 aromatic heterocycles. The van der Waals surface area contributed by atoms with Gasteiger partial charge in [0.05, 0.1) is 4.47 Å². The molecule has 0 saturated carbocycles. The molecule has 0 aliphatic heterocycles. The fourth-order valence-corrected chi connectivity index (χ4v) is 1.20. The van der Waals surface area contributed by atoms with Crippen molar-refractivity contribution in [3.05, 3.63) is 40.6 Å². The lowest BCUT2D eigenvalue weighted by molar-refractivity contribution is 0.617. The lowest BCUT2D eigenvalue weighted by Gasteiger charge is -2.01. The van der Waals surface area contributed by atoms with Gasteiger partial charge in [0.2, 0.25) is 0 Å². The molecule has 58 valence electrons. The van der Waals surface area contributed by atoms with E-state index in [9.17, 15) is 4.39 Å². The highest BCUT2D eigenvalue weighted by atomic mass is 79.9. The van der Waals surface area contributed by atoms with Crippen molar-refractivity contribution in [3.8, 4) is 0 Å². The molecule has 1 aromatic carbocycles.